The van der Waals surface area contributed by atoms with Gasteiger partial charge >= 0.3 is 0 Å². The van der Waals surface area contributed by atoms with Crippen molar-refractivity contribution in [2.75, 3.05) is 32.6 Å². The van der Waals surface area contributed by atoms with Crippen molar-refractivity contribution in [2.45, 2.75) is 20.4 Å². The van der Waals surface area contributed by atoms with Crippen LogP contribution in [0.2, 0.25) is 0 Å². The first kappa shape index (κ1) is 18.9. The quantitative estimate of drug-likeness (QED) is 0.459. The Morgan fingerprint density at radius 3 is 2.60 bits per heavy atom. The average Bonchev–Trinajstić information content (AvgIpc) is 2.39. The molecule has 0 aliphatic heterocycles. The molecule has 0 saturated carbocycles. The van der Waals surface area contributed by atoms with Crippen molar-refractivity contribution >= 4 is 35.8 Å². The molecule has 6 heteroatoms. The van der Waals surface area contributed by atoms with E-state index < -0.39 is 0 Å². The van der Waals surface area contributed by atoms with Crippen LogP contribution in [-0.4, -0.2) is 38.6 Å². The van der Waals surface area contributed by atoms with E-state index in [2.05, 4.69) is 40.5 Å². The molecule has 1 aromatic rings. The number of aromatic nitrogens is 1. The highest BCUT2D eigenvalue weighted by molar-refractivity contribution is 14.0. The minimum atomic E-state index is 0. The first-order valence-electron chi connectivity index (χ1n) is 6.59. The molecule has 0 fully saturated rings. The highest BCUT2D eigenvalue weighted by Crippen LogP contribution is 2.08. The third-order valence-electron chi connectivity index (χ3n) is 2.63. The summed E-state index contributed by atoms with van der Waals surface area (Å²) in [5.74, 6) is 2.39. The molecule has 0 aliphatic rings. The maximum Gasteiger partial charge on any atom is 0.191 e. The molecule has 20 heavy (non-hydrogen) atoms. The fraction of sp³-hybridized carbons (Fsp3) is 0.571. The number of nitrogens with zero attached hydrogens (tertiary/aromatic N) is 3. The van der Waals surface area contributed by atoms with E-state index in [-0.39, 0.29) is 24.0 Å². The molecule has 0 bridgehead atoms. The molecular formula is C14H26IN5. The third-order valence-corrected chi connectivity index (χ3v) is 2.63. The van der Waals surface area contributed by atoms with Gasteiger partial charge in [0.15, 0.2) is 5.96 Å². The lowest BCUT2D eigenvalue weighted by Crippen LogP contribution is -2.38. The van der Waals surface area contributed by atoms with Crippen LogP contribution in [0, 0.1) is 5.92 Å². The Balaban J connectivity index is 0.00000361. The Morgan fingerprint density at radius 1 is 1.35 bits per heavy atom. The van der Waals surface area contributed by atoms with Gasteiger partial charge in [-0.2, -0.15) is 0 Å². The first-order chi connectivity index (χ1) is 9.02. The smallest absolute Gasteiger partial charge is 0.191 e. The molecule has 2 N–H and O–H groups in total. The van der Waals surface area contributed by atoms with E-state index in [9.17, 15) is 0 Å². The standard InChI is InChI=1S/C14H25N5.HI/c1-11(2)9-17-14(15-3)18-10-12-6-7-16-13(8-12)19(4)5;/h6-8,11H,9-10H2,1-5H3,(H2,15,17,18);1H. The predicted molar refractivity (Wildman–Crippen MR) is 97.0 cm³/mol. The maximum atomic E-state index is 4.30. The molecule has 0 atom stereocenters. The molecule has 0 aliphatic carbocycles. The molecule has 0 spiro atoms. The van der Waals surface area contributed by atoms with E-state index in [0.717, 1.165) is 24.9 Å². The molecule has 1 rings (SSSR count). The summed E-state index contributed by atoms with van der Waals surface area (Å²) in [4.78, 5) is 10.5. The fourth-order valence-electron chi connectivity index (χ4n) is 1.52. The van der Waals surface area contributed by atoms with Gasteiger partial charge in [-0.15, -0.1) is 24.0 Å². The van der Waals surface area contributed by atoms with Gasteiger partial charge in [-0.05, 0) is 23.6 Å². The predicted octanol–water partition coefficient (Wildman–Crippen LogP) is 2.09. The monoisotopic (exact) mass is 391 g/mol. The molecule has 114 valence electrons. The number of halogens is 1. The number of pyridine rings is 1. The van der Waals surface area contributed by atoms with Crippen LogP contribution in [0.5, 0.6) is 0 Å². The van der Waals surface area contributed by atoms with E-state index in [1.54, 1.807) is 7.05 Å². The summed E-state index contributed by atoms with van der Waals surface area (Å²) in [6.45, 7) is 6.00. The van der Waals surface area contributed by atoms with Gasteiger partial charge in [0, 0.05) is 40.4 Å². The van der Waals surface area contributed by atoms with Crippen molar-refractivity contribution in [2.24, 2.45) is 10.9 Å². The van der Waals surface area contributed by atoms with Crippen molar-refractivity contribution in [3.63, 3.8) is 0 Å². The van der Waals surface area contributed by atoms with Gasteiger partial charge < -0.3 is 15.5 Å². The summed E-state index contributed by atoms with van der Waals surface area (Å²) >= 11 is 0. The number of guanidine groups is 1. The first-order valence-corrected chi connectivity index (χ1v) is 6.59. The van der Waals surface area contributed by atoms with Crippen molar-refractivity contribution < 1.29 is 0 Å². The highest BCUT2D eigenvalue weighted by atomic mass is 127. The second kappa shape index (κ2) is 9.79. The van der Waals surface area contributed by atoms with E-state index in [1.807, 2.05) is 31.3 Å². The lowest BCUT2D eigenvalue weighted by Gasteiger charge is -2.15. The Morgan fingerprint density at radius 2 is 2.05 bits per heavy atom. The summed E-state index contributed by atoms with van der Waals surface area (Å²) < 4.78 is 0. The molecule has 5 nitrogen and oxygen atoms in total. The Bertz CT molecular complexity index is 418. The number of hydrogen-bond donors (Lipinski definition) is 2. The molecule has 0 unspecified atom stereocenters. The number of rotatable bonds is 5. The zero-order chi connectivity index (χ0) is 14.3. The second-order valence-corrected chi connectivity index (χ2v) is 5.12. The van der Waals surface area contributed by atoms with Gasteiger partial charge in [0.25, 0.3) is 0 Å². The van der Waals surface area contributed by atoms with E-state index in [0.29, 0.717) is 5.92 Å². The topological polar surface area (TPSA) is 52.6 Å². The average molecular weight is 391 g/mol. The van der Waals surface area contributed by atoms with Crippen LogP contribution in [0.3, 0.4) is 0 Å². The third kappa shape index (κ3) is 6.93. The number of hydrogen-bond acceptors (Lipinski definition) is 3. The van der Waals surface area contributed by atoms with Gasteiger partial charge in [-0.3, -0.25) is 4.99 Å². The molecule has 1 aromatic heterocycles. The lowest BCUT2D eigenvalue weighted by molar-refractivity contribution is 0.614. The van der Waals surface area contributed by atoms with Gasteiger partial charge in [0.2, 0.25) is 0 Å². The molecule has 0 amide bonds. The van der Waals surface area contributed by atoms with Crippen LogP contribution in [0.15, 0.2) is 23.3 Å². The normalized spacial score (nSPS) is 11.0. The summed E-state index contributed by atoms with van der Waals surface area (Å²) in [5.41, 5.74) is 1.19. The summed E-state index contributed by atoms with van der Waals surface area (Å²) in [6, 6.07) is 4.08. The SMILES string of the molecule is CN=C(NCc1ccnc(N(C)C)c1)NCC(C)C.I. The summed E-state index contributed by atoms with van der Waals surface area (Å²) in [5, 5.41) is 6.59. The number of anilines is 1. The molecule has 0 radical (unpaired) electrons. The molecule has 0 saturated heterocycles. The van der Waals surface area contributed by atoms with Crippen molar-refractivity contribution in [3.8, 4) is 0 Å². The van der Waals surface area contributed by atoms with Crippen LogP contribution >= 0.6 is 24.0 Å². The Labute approximate surface area is 139 Å². The Kier molecular flexibility index (Phi) is 9.28. The minimum absolute atomic E-state index is 0. The zero-order valence-corrected chi connectivity index (χ0v) is 15.3. The highest BCUT2D eigenvalue weighted by Gasteiger charge is 2.02. The minimum Gasteiger partial charge on any atom is -0.363 e. The summed E-state index contributed by atoms with van der Waals surface area (Å²) in [6.07, 6.45) is 1.83. The van der Waals surface area contributed by atoms with Crippen LogP contribution < -0.4 is 15.5 Å². The number of aliphatic imine (C=N–C) groups is 1. The maximum absolute atomic E-state index is 4.30. The van der Waals surface area contributed by atoms with Crippen LogP contribution in [-0.2, 0) is 6.54 Å². The van der Waals surface area contributed by atoms with Gasteiger partial charge in [0.1, 0.15) is 5.82 Å². The van der Waals surface area contributed by atoms with Gasteiger partial charge in [-0.1, -0.05) is 13.8 Å². The van der Waals surface area contributed by atoms with Crippen LogP contribution in [0.1, 0.15) is 19.4 Å². The van der Waals surface area contributed by atoms with Crippen LogP contribution in [0.25, 0.3) is 0 Å². The Hall–Kier alpha value is -1.05. The zero-order valence-electron chi connectivity index (χ0n) is 13.0. The van der Waals surface area contributed by atoms with E-state index in [4.69, 9.17) is 0 Å². The largest absolute Gasteiger partial charge is 0.363 e. The van der Waals surface area contributed by atoms with Gasteiger partial charge in [-0.25, -0.2) is 4.98 Å². The number of nitrogens with one attached hydrogen (secondary N) is 2. The fourth-order valence-corrected chi connectivity index (χ4v) is 1.52. The molecular weight excluding hydrogens is 365 g/mol. The summed E-state index contributed by atoms with van der Waals surface area (Å²) in [7, 11) is 5.76. The van der Waals surface area contributed by atoms with Crippen molar-refractivity contribution in [3.05, 3.63) is 23.9 Å². The lowest BCUT2D eigenvalue weighted by atomic mass is 10.2. The van der Waals surface area contributed by atoms with E-state index in [1.165, 1.54) is 5.56 Å². The van der Waals surface area contributed by atoms with Gasteiger partial charge in [0.05, 0.1) is 0 Å². The molecule has 1 heterocycles. The van der Waals surface area contributed by atoms with Crippen molar-refractivity contribution in [1.29, 1.82) is 0 Å². The second-order valence-electron chi connectivity index (χ2n) is 5.12. The van der Waals surface area contributed by atoms with Crippen LogP contribution in [0.4, 0.5) is 5.82 Å². The van der Waals surface area contributed by atoms with E-state index >= 15 is 0 Å². The molecule has 0 aromatic carbocycles. The van der Waals surface area contributed by atoms with Crippen molar-refractivity contribution in [1.82, 2.24) is 15.6 Å².